The van der Waals surface area contributed by atoms with Gasteiger partial charge in [0.05, 0.1) is 27.3 Å². The summed E-state index contributed by atoms with van der Waals surface area (Å²) in [5.74, 6) is -0.740. The van der Waals surface area contributed by atoms with E-state index in [1.165, 1.54) is 14.2 Å². The minimum absolute atomic E-state index is 0.0729. The molecule has 1 rings (SSSR count). The monoisotopic (exact) mass is 257 g/mol. The van der Waals surface area contributed by atoms with Crippen LogP contribution >= 0.6 is 11.3 Å². The molecular formula is C11H15NO4S. The zero-order valence-electron chi connectivity index (χ0n) is 9.84. The van der Waals surface area contributed by atoms with Crippen LogP contribution in [-0.4, -0.2) is 44.1 Å². The number of thiophene rings is 1. The molecule has 0 amide bonds. The summed E-state index contributed by atoms with van der Waals surface area (Å²) in [7, 11) is 2.65. The van der Waals surface area contributed by atoms with Crippen LogP contribution in [0.15, 0.2) is 17.5 Å². The molecular weight excluding hydrogens is 242 g/mol. The smallest absolute Gasteiger partial charge is 0.319 e. The van der Waals surface area contributed by atoms with Crippen LogP contribution in [0.4, 0.5) is 0 Å². The standard InChI is InChI=1S/C11H15NO4S/c1-15-10(13)7-12(8-11(14)16-2)6-9-4-3-5-17-9/h3-5H,6-8H2,1-2H3. The molecule has 0 saturated carbocycles. The molecule has 0 saturated heterocycles. The second-order valence-corrected chi connectivity index (χ2v) is 4.41. The van der Waals surface area contributed by atoms with Crippen LogP contribution in [0.5, 0.6) is 0 Å². The molecule has 0 bridgehead atoms. The van der Waals surface area contributed by atoms with E-state index in [9.17, 15) is 9.59 Å². The molecule has 17 heavy (non-hydrogen) atoms. The first kappa shape index (κ1) is 13.7. The lowest BCUT2D eigenvalue weighted by Crippen LogP contribution is -2.34. The van der Waals surface area contributed by atoms with Crippen molar-refractivity contribution in [3.05, 3.63) is 22.4 Å². The molecule has 1 aromatic rings. The fraction of sp³-hybridized carbons (Fsp3) is 0.455. The number of rotatable bonds is 6. The first-order chi connectivity index (χ1) is 8.15. The average Bonchev–Trinajstić information content (AvgIpc) is 2.81. The summed E-state index contributed by atoms with van der Waals surface area (Å²) >= 11 is 1.57. The van der Waals surface area contributed by atoms with E-state index in [1.54, 1.807) is 16.2 Å². The number of hydrogen-bond acceptors (Lipinski definition) is 6. The first-order valence-electron chi connectivity index (χ1n) is 5.04. The molecule has 6 heteroatoms. The highest BCUT2D eigenvalue weighted by atomic mass is 32.1. The number of hydrogen-bond donors (Lipinski definition) is 0. The first-order valence-corrected chi connectivity index (χ1v) is 5.92. The van der Waals surface area contributed by atoms with Crippen molar-refractivity contribution in [2.75, 3.05) is 27.3 Å². The van der Waals surface area contributed by atoms with E-state index < -0.39 is 0 Å². The molecule has 0 aliphatic heterocycles. The van der Waals surface area contributed by atoms with Gasteiger partial charge in [-0.1, -0.05) is 6.07 Å². The molecule has 1 heterocycles. The molecule has 0 radical (unpaired) electrons. The summed E-state index contributed by atoms with van der Waals surface area (Å²) in [6.07, 6.45) is 0. The van der Waals surface area contributed by atoms with E-state index in [-0.39, 0.29) is 25.0 Å². The number of nitrogens with zero attached hydrogens (tertiary/aromatic N) is 1. The van der Waals surface area contributed by atoms with Gasteiger partial charge in [0.2, 0.25) is 0 Å². The second kappa shape index (κ2) is 7.03. The van der Waals surface area contributed by atoms with Gasteiger partial charge < -0.3 is 9.47 Å². The van der Waals surface area contributed by atoms with Crippen molar-refractivity contribution in [1.82, 2.24) is 4.90 Å². The fourth-order valence-corrected chi connectivity index (χ4v) is 2.03. The Bertz CT molecular complexity index is 346. The quantitative estimate of drug-likeness (QED) is 0.709. The van der Waals surface area contributed by atoms with Gasteiger partial charge in [-0.2, -0.15) is 0 Å². The maximum Gasteiger partial charge on any atom is 0.319 e. The topological polar surface area (TPSA) is 55.8 Å². The Balaban J connectivity index is 2.58. The van der Waals surface area contributed by atoms with Crippen molar-refractivity contribution < 1.29 is 19.1 Å². The number of carbonyl (C=O) groups excluding carboxylic acids is 2. The third-order valence-corrected chi connectivity index (χ3v) is 2.98. The second-order valence-electron chi connectivity index (χ2n) is 3.38. The molecule has 94 valence electrons. The number of methoxy groups -OCH3 is 2. The molecule has 0 fully saturated rings. The zero-order valence-corrected chi connectivity index (χ0v) is 10.7. The molecule has 0 atom stereocenters. The normalized spacial score (nSPS) is 10.3. The van der Waals surface area contributed by atoms with Crippen LogP contribution < -0.4 is 0 Å². The van der Waals surface area contributed by atoms with Crippen molar-refractivity contribution in [3.63, 3.8) is 0 Å². The predicted molar refractivity (Wildman–Crippen MR) is 63.6 cm³/mol. The largest absolute Gasteiger partial charge is 0.468 e. The minimum atomic E-state index is -0.370. The van der Waals surface area contributed by atoms with Gasteiger partial charge in [-0.05, 0) is 11.4 Å². The highest BCUT2D eigenvalue weighted by molar-refractivity contribution is 7.09. The van der Waals surface area contributed by atoms with Crippen molar-refractivity contribution in [2.45, 2.75) is 6.54 Å². The van der Waals surface area contributed by atoms with Crippen LogP contribution in [0, 0.1) is 0 Å². The summed E-state index contributed by atoms with van der Waals surface area (Å²) in [6, 6.07) is 3.88. The maximum atomic E-state index is 11.2. The van der Waals surface area contributed by atoms with E-state index in [0.717, 1.165) is 4.88 Å². The number of carbonyl (C=O) groups is 2. The van der Waals surface area contributed by atoms with Gasteiger partial charge in [-0.25, -0.2) is 0 Å². The molecule has 0 aromatic carbocycles. The summed E-state index contributed by atoms with van der Waals surface area (Å²) in [5.41, 5.74) is 0. The van der Waals surface area contributed by atoms with Gasteiger partial charge in [0.1, 0.15) is 0 Å². The molecule has 0 aliphatic rings. The van der Waals surface area contributed by atoms with Crippen LogP contribution in [0.2, 0.25) is 0 Å². The van der Waals surface area contributed by atoms with Gasteiger partial charge in [0, 0.05) is 11.4 Å². The highest BCUT2D eigenvalue weighted by Gasteiger charge is 2.15. The summed E-state index contributed by atoms with van der Waals surface area (Å²) in [4.78, 5) is 25.2. The van der Waals surface area contributed by atoms with Crippen LogP contribution in [0.1, 0.15) is 4.88 Å². The van der Waals surface area contributed by atoms with Crippen molar-refractivity contribution >= 4 is 23.3 Å². The molecule has 0 unspecified atom stereocenters. The molecule has 0 aliphatic carbocycles. The van der Waals surface area contributed by atoms with Gasteiger partial charge >= 0.3 is 11.9 Å². The SMILES string of the molecule is COC(=O)CN(CC(=O)OC)Cc1cccs1. The number of esters is 2. The summed E-state index contributed by atoms with van der Waals surface area (Å²) in [5, 5.41) is 1.95. The van der Waals surface area contributed by atoms with E-state index in [1.807, 2.05) is 17.5 Å². The van der Waals surface area contributed by atoms with Crippen molar-refractivity contribution in [2.24, 2.45) is 0 Å². The molecule has 0 spiro atoms. The minimum Gasteiger partial charge on any atom is -0.468 e. The molecule has 0 N–H and O–H groups in total. The van der Waals surface area contributed by atoms with E-state index >= 15 is 0 Å². The fourth-order valence-electron chi connectivity index (χ4n) is 1.28. The van der Waals surface area contributed by atoms with Gasteiger partial charge in [0.15, 0.2) is 0 Å². The Morgan fingerprint density at radius 3 is 2.24 bits per heavy atom. The Labute approximate surface area is 104 Å². The Morgan fingerprint density at radius 2 is 1.82 bits per heavy atom. The van der Waals surface area contributed by atoms with Crippen molar-refractivity contribution in [3.8, 4) is 0 Å². The lowest BCUT2D eigenvalue weighted by molar-refractivity contribution is -0.145. The van der Waals surface area contributed by atoms with Crippen LogP contribution in [0.25, 0.3) is 0 Å². The van der Waals surface area contributed by atoms with Gasteiger partial charge in [-0.3, -0.25) is 14.5 Å². The summed E-state index contributed by atoms with van der Waals surface area (Å²) < 4.78 is 9.17. The Kier molecular flexibility index (Phi) is 5.65. The maximum absolute atomic E-state index is 11.2. The Hall–Kier alpha value is -1.40. The molecule has 1 aromatic heterocycles. The average molecular weight is 257 g/mol. The lowest BCUT2D eigenvalue weighted by atomic mass is 10.4. The highest BCUT2D eigenvalue weighted by Crippen LogP contribution is 2.11. The van der Waals surface area contributed by atoms with Crippen LogP contribution in [-0.2, 0) is 25.6 Å². The zero-order chi connectivity index (χ0) is 12.7. The van der Waals surface area contributed by atoms with E-state index in [2.05, 4.69) is 9.47 Å². The Morgan fingerprint density at radius 1 is 1.24 bits per heavy atom. The third-order valence-electron chi connectivity index (χ3n) is 2.12. The lowest BCUT2D eigenvalue weighted by Gasteiger charge is -2.18. The molecule has 5 nitrogen and oxygen atoms in total. The predicted octanol–water partition coefficient (Wildman–Crippen LogP) is 0.896. The van der Waals surface area contributed by atoms with Gasteiger partial charge in [0.25, 0.3) is 0 Å². The van der Waals surface area contributed by atoms with Crippen LogP contribution in [0.3, 0.4) is 0 Å². The van der Waals surface area contributed by atoms with Gasteiger partial charge in [-0.15, -0.1) is 11.3 Å². The number of ether oxygens (including phenoxy) is 2. The van der Waals surface area contributed by atoms with Crippen molar-refractivity contribution in [1.29, 1.82) is 0 Å². The van der Waals surface area contributed by atoms with E-state index in [0.29, 0.717) is 6.54 Å². The third kappa shape index (κ3) is 4.97. The summed E-state index contributed by atoms with van der Waals surface area (Å²) in [6.45, 7) is 0.675. The van der Waals surface area contributed by atoms with E-state index in [4.69, 9.17) is 0 Å².